The summed E-state index contributed by atoms with van der Waals surface area (Å²) in [6.45, 7) is 0. The largest absolute Gasteiger partial charge is 0.0528 e. The summed E-state index contributed by atoms with van der Waals surface area (Å²) in [5.41, 5.74) is 0. The SMILES string of the molecule is C1CC(C2CC(C3CC(C4CC(C5CCC5)C4)C3)C2)C1. The van der Waals surface area contributed by atoms with Gasteiger partial charge in [-0.2, -0.15) is 0 Å². The van der Waals surface area contributed by atoms with Crippen LogP contribution < -0.4 is 0 Å². The van der Waals surface area contributed by atoms with Crippen LogP contribution in [0, 0.1) is 47.3 Å². The minimum Gasteiger partial charge on any atom is -0.0528 e. The highest BCUT2D eigenvalue weighted by Crippen LogP contribution is 2.59. The van der Waals surface area contributed by atoms with E-state index in [-0.39, 0.29) is 0 Å². The minimum absolute atomic E-state index is 1.18. The van der Waals surface area contributed by atoms with E-state index in [1.54, 1.807) is 77.0 Å². The van der Waals surface area contributed by atoms with Crippen molar-refractivity contribution in [1.82, 2.24) is 0 Å². The second kappa shape index (κ2) is 4.75. The Morgan fingerprint density at radius 3 is 0.750 bits per heavy atom. The molecule has 0 atom stereocenters. The van der Waals surface area contributed by atoms with Crippen molar-refractivity contribution in [3.8, 4) is 0 Å². The molecule has 0 saturated heterocycles. The van der Waals surface area contributed by atoms with Gasteiger partial charge in [-0.05, 0) is 85.9 Å². The first kappa shape index (κ1) is 12.5. The van der Waals surface area contributed by atoms with Gasteiger partial charge in [-0.3, -0.25) is 0 Å². The molecule has 0 amide bonds. The monoisotopic (exact) mass is 272 g/mol. The normalized spacial score (nSPS) is 52.2. The molecule has 5 aliphatic rings. The van der Waals surface area contributed by atoms with Crippen molar-refractivity contribution >= 4 is 0 Å². The molecule has 5 saturated carbocycles. The van der Waals surface area contributed by atoms with Crippen molar-refractivity contribution in [3.63, 3.8) is 0 Å². The summed E-state index contributed by atoms with van der Waals surface area (Å²) in [6, 6.07) is 0. The fourth-order valence-corrected chi connectivity index (χ4v) is 6.26. The molecule has 0 heteroatoms. The van der Waals surface area contributed by atoms with Crippen LogP contribution in [0.3, 0.4) is 0 Å². The summed E-state index contributed by atoms with van der Waals surface area (Å²) >= 11 is 0. The molecule has 0 aliphatic heterocycles. The average Bonchev–Trinajstić information content (AvgIpc) is 2.13. The molecule has 0 spiro atoms. The van der Waals surface area contributed by atoms with E-state index < -0.39 is 0 Å². The Balaban J connectivity index is 1.02. The number of hydrogen-bond donors (Lipinski definition) is 0. The van der Waals surface area contributed by atoms with Crippen LogP contribution >= 0.6 is 0 Å². The van der Waals surface area contributed by atoms with E-state index in [9.17, 15) is 0 Å². The lowest BCUT2D eigenvalue weighted by Crippen LogP contribution is -2.46. The van der Waals surface area contributed by atoms with Crippen LogP contribution in [0.4, 0.5) is 0 Å². The quantitative estimate of drug-likeness (QED) is 0.619. The third kappa shape index (κ3) is 1.92. The molecule has 0 aromatic heterocycles. The van der Waals surface area contributed by atoms with Gasteiger partial charge in [0.1, 0.15) is 0 Å². The van der Waals surface area contributed by atoms with E-state index >= 15 is 0 Å². The summed E-state index contributed by atoms with van der Waals surface area (Å²) in [5.74, 6) is 9.44. The molecule has 0 bridgehead atoms. The van der Waals surface area contributed by atoms with Crippen LogP contribution in [-0.2, 0) is 0 Å². The van der Waals surface area contributed by atoms with Crippen LogP contribution in [0.5, 0.6) is 0 Å². The highest BCUT2D eigenvalue weighted by Gasteiger charge is 2.49. The standard InChI is InChI=1S/C20H32/c1-3-13(4-1)15-7-17(8-15)19-11-20(12-19)18-9-16(10-18)14-5-2-6-14/h13-20H,1-12H2. The molecule has 0 aromatic rings. The third-order valence-corrected chi connectivity index (χ3v) is 8.60. The van der Waals surface area contributed by atoms with Gasteiger partial charge in [0.2, 0.25) is 0 Å². The first-order valence-electron chi connectivity index (χ1n) is 9.87. The predicted octanol–water partition coefficient (Wildman–Crippen LogP) is 5.67. The molecule has 112 valence electrons. The van der Waals surface area contributed by atoms with Crippen LogP contribution in [-0.4, -0.2) is 0 Å². The molecule has 0 N–H and O–H groups in total. The van der Waals surface area contributed by atoms with Crippen molar-refractivity contribution in [2.24, 2.45) is 47.3 Å². The summed E-state index contributed by atoms with van der Waals surface area (Å²) in [4.78, 5) is 0. The molecule has 5 rings (SSSR count). The second-order valence-corrected chi connectivity index (χ2v) is 9.36. The van der Waals surface area contributed by atoms with Crippen molar-refractivity contribution in [3.05, 3.63) is 0 Å². The van der Waals surface area contributed by atoms with Gasteiger partial charge in [-0.15, -0.1) is 0 Å². The summed E-state index contributed by atoms with van der Waals surface area (Å²) in [7, 11) is 0. The van der Waals surface area contributed by atoms with Gasteiger partial charge in [0.05, 0.1) is 0 Å². The average molecular weight is 272 g/mol. The Morgan fingerprint density at radius 1 is 0.300 bits per heavy atom. The number of rotatable bonds is 4. The number of hydrogen-bond acceptors (Lipinski definition) is 0. The van der Waals surface area contributed by atoms with Crippen molar-refractivity contribution in [2.45, 2.75) is 77.0 Å². The molecule has 0 nitrogen and oxygen atoms in total. The molecule has 0 unspecified atom stereocenters. The Morgan fingerprint density at radius 2 is 0.550 bits per heavy atom. The van der Waals surface area contributed by atoms with Crippen molar-refractivity contribution in [1.29, 1.82) is 0 Å². The van der Waals surface area contributed by atoms with E-state index in [1.165, 1.54) is 47.3 Å². The lowest BCUT2D eigenvalue weighted by molar-refractivity contribution is -0.0544. The van der Waals surface area contributed by atoms with E-state index in [1.807, 2.05) is 0 Å². The van der Waals surface area contributed by atoms with Gasteiger partial charge in [-0.25, -0.2) is 0 Å². The maximum atomic E-state index is 1.64. The Bertz CT molecular complexity index is 312. The molecule has 5 fully saturated rings. The van der Waals surface area contributed by atoms with Crippen LogP contribution in [0.15, 0.2) is 0 Å². The Labute approximate surface area is 125 Å². The van der Waals surface area contributed by atoms with Gasteiger partial charge in [0.15, 0.2) is 0 Å². The van der Waals surface area contributed by atoms with Gasteiger partial charge >= 0.3 is 0 Å². The first-order chi connectivity index (χ1) is 9.87. The summed E-state index contributed by atoms with van der Waals surface area (Å²) < 4.78 is 0. The minimum atomic E-state index is 1.18. The zero-order valence-electron chi connectivity index (χ0n) is 13.1. The second-order valence-electron chi connectivity index (χ2n) is 9.36. The molecule has 0 aromatic carbocycles. The zero-order valence-corrected chi connectivity index (χ0v) is 13.1. The molecule has 5 aliphatic carbocycles. The maximum absolute atomic E-state index is 1.64. The third-order valence-electron chi connectivity index (χ3n) is 8.60. The highest BCUT2D eigenvalue weighted by atomic mass is 14.5. The van der Waals surface area contributed by atoms with Crippen LogP contribution in [0.2, 0.25) is 0 Å². The van der Waals surface area contributed by atoms with Crippen molar-refractivity contribution < 1.29 is 0 Å². The lowest BCUT2D eigenvalue weighted by Gasteiger charge is -2.56. The molecule has 0 radical (unpaired) electrons. The van der Waals surface area contributed by atoms with E-state index in [4.69, 9.17) is 0 Å². The van der Waals surface area contributed by atoms with Gasteiger partial charge < -0.3 is 0 Å². The van der Waals surface area contributed by atoms with E-state index in [0.29, 0.717) is 0 Å². The van der Waals surface area contributed by atoms with Crippen LogP contribution in [0.25, 0.3) is 0 Å². The van der Waals surface area contributed by atoms with Gasteiger partial charge in [-0.1, -0.05) is 38.5 Å². The first-order valence-corrected chi connectivity index (χ1v) is 9.87. The molecular formula is C20H32. The zero-order chi connectivity index (χ0) is 13.1. The van der Waals surface area contributed by atoms with Crippen LogP contribution in [0.1, 0.15) is 77.0 Å². The Kier molecular flexibility index (Phi) is 2.98. The van der Waals surface area contributed by atoms with E-state index in [2.05, 4.69) is 0 Å². The highest BCUT2D eigenvalue weighted by molar-refractivity contribution is 4.99. The van der Waals surface area contributed by atoms with Gasteiger partial charge in [0.25, 0.3) is 0 Å². The van der Waals surface area contributed by atoms with E-state index in [0.717, 1.165) is 0 Å². The molecule has 20 heavy (non-hydrogen) atoms. The fourth-order valence-electron chi connectivity index (χ4n) is 6.26. The molecular weight excluding hydrogens is 240 g/mol. The predicted molar refractivity (Wildman–Crippen MR) is 83.3 cm³/mol. The molecule has 0 heterocycles. The summed E-state index contributed by atoms with van der Waals surface area (Å²) in [5, 5.41) is 0. The summed E-state index contributed by atoms with van der Waals surface area (Å²) in [6.07, 6.45) is 19.2. The maximum Gasteiger partial charge on any atom is -0.0380 e. The van der Waals surface area contributed by atoms with Gasteiger partial charge in [0, 0.05) is 0 Å². The topological polar surface area (TPSA) is 0 Å². The van der Waals surface area contributed by atoms with Crippen molar-refractivity contribution in [2.75, 3.05) is 0 Å². The fraction of sp³-hybridized carbons (Fsp3) is 1.00. The lowest BCUT2D eigenvalue weighted by atomic mass is 9.50. The Hall–Kier alpha value is 0. The smallest absolute Gasteiger partial charge is 0.0380 e.